The van der Waals surface area contributed by atoms with Gasteiger partial charge in [0, 0.05) is 12.3 Å². The van der Waals surface area contributed by atoms with E-state index in [1.807, 2.05) is 13.0 Å². The van der Waals surface area contributed by atoms with Gasteiger partial charge in [0.2, 0.25) is 5.88 Å². The zero-order valence-corrected chi connectivity index (χ0v) is 16.4. The Bertz CT molecular complexity index is 1020. The highest BCUT2D eigenvalue weighted by molar-refractivity contribution is 5.91. The molecule has 0 saturated carbocycles. The zero-order valence-electron chi connectivity index (χ0n) is 16.4. The molecule has 0 spiro atoms. The van der Waals surface area contributed by atoms with Crippen LogP contribution in [0.1, 0.15) is 60.3 Å². The van der Waals surface area contributed by atoms with Crippen molar-refractivity contribution in [1.29, 1.82) is 5.26 Å². The third-order valence-corrected chi connectivity index (χ3v) is 4.52. The number of ether oxygens (including phenoxy) is 1. The van der Waals surface area contributed by atoms with Crippen molar-refractivity contribution in [2.45, 2.75) is 40.2 Å². The summed E-state index contributed by atoms with van der Waals surface area (Å²) in [6, 6.07) is 8.20. The molecule has 1 aromatic heterocycles. The summed E-state index contributed by atoms with van der Waals surface area (Å²) in [4.78, 5) is 28.7. The van der Waals surface area contributed by atoms with E-state index in [0.29, 0.717) is 23.2 Å². The Morgan fingerprint density at radius 3 is 2.75 bits per heavy atom. The molecule has 0 aliphatic heterocycles. The molecule has 1 N–H and O–H groups in total. The molecule has 0 bridgehead atoms. The van der Waals surface area contributed by atoms with E-state index in [1.165, 1.54) is 10.8 Å². The van der Waals surface area contributed by atoms with Crippen LogP contribution in [-0.4, -0.2) is 28.5 Å². The highest BCUT2D eigenvalue weighted by Crippen LogP contribution is 2.25. The van der Waals surface area contributed by atoms with Gasteiger partial charge < -0.3 is 9.84 Å². The molecule has 1 atom stereocenters. The van der Waals surface area contributed by atoms with Crippen LogP contribution < -0.4 is 5.56 Å². The standard InChI is InChI=1S/C21H23N3O4/c1-5-13(3)24-19(25)17(11-22)14(4)18(20(24)26)12-23-16-9-7-8-15(10-16)21(27)28-6-2/h7-10,12-13,26H,5-6H2,1-4H3. The second-order valence-corrected chi connectivity index (χ2v) is 6.31. The summed E-state index contributed by atoms with van der Waals surface area (Å²) >= 11 is 0. The van der Waals surface area contributed by atoms with Gasteiger partial charge in [-0.2, -0.15) is 5.26 Å². The van der Waals surface area contributed by atoms with Crippen molar-refractivity contribution in [2.75, 3.05) is 6.61 Å². The van der Waals surface area contributed by atoms with E-state index < -0.39 is 11.5 Å². The first-order chi connectivity index (χ1) is 13.3. The molecule has 0 aliphatic rings. The lowest BCUT2D eigenvalue weighted by atomic mass is 10.0. The lowest BCUT2D eigenvalue weighted by Crippen LogP contribution is -2.27. The fourth-order valence-corrected chi connectivity index (χ4v) is 2.75. The summed E-state index contributed by atoms with van der Waals surface area (Å²) < 4.78 is 6.19. The summed E-state index contributed by atoms with van der Waals surface area (Å²) in [6.45, 7) is 7.27. The number of nitrogens with zero attached hydrogens (tertiary/aromatic N) is 3. The highest BCUT2D eigenvalue weighted by atomic mass is 16.5. The van der Waals surface area contributed by atoms with Gasteiger partial charge in [-0.05, 0) is 51.0 Å². The van der Waals surface area contributed by atoms with E-state index >= 15 is 0 Å². The van der Waals surface area contributed by atoms with Crippen molar-refractivity contribution < 1.29 is 14.6 Å². The third kappa shape index (κ3) is 4.12. The summed E-state index contributed by atoms with van der Waals surface area (Å²) in [5.41, 5.74) is 0.935. The third-order valence-electron chi connectivity index (χ3n) is 4.52. The maximum Gasteiger partial charge on any atom is 0.338 e. The Morgan fingerprint density at radius 1 is 1.43 bits per heavy atom. The first-order valence-electron chi connectivity index (χ1n) is 9.05. The number of aliphatic imine (C=N–C) groups is 1. The molecule has 7 nitrogen and oxygen atoms in total. The number of carbonyl (C=O) groups is 1. The first-order valence-corrected chi connectivity index (χ1v) is 9.05. The van der Waals surface area contributed by atoms with Crippen LogP contribution in [0.2, 0.25) is 0 Å². The molecule has 2 rings (SSSR count). The van der Waals surface area contributed by atoms with Crippen molar-refractivity contribution in [2.24, 2.45) is 4.99 Å². The number of hydrogen-bond donors (Lipinski definition) is 1. The zero-order chi connectivity index (χ0) is 20.8. The Hall–Kier alpha value is -3.40. The number of rotatable bonds is 6. The van der Waals surface area contributed by atoms with E-state index in [-0.39, 0.29) is 29.7 Å². The number of nitriles is 1. The minimum absolute atomic E-state index is 0.0279. The van der Waals surface area contributed by atoms with Crippen LogP contribution in [0, 0.1) is 18.3 Å². The van der Waals surface area contributed by atoms with E-state index in [0.717, 1.165) is 0 Å². The average molecular weight is 381 g/mol. The Kier molecular flexibility index (Phi) is 6.72. The van der Waals surface area contributed by atoms with Crippen LogP contribution in [0.4, 0.5) is 5.69 Å². The SMILES string of the molecule is CCOC(=O)c1cccc(N=Cc2c(C)c(C#N)c(=O)n(C(C)CC)c2O)c1. The van der Waals surface area contributed by atoms with E-state index in [2.05, 4.69) is 4.99 Å². The largest absolute Gasteiger partial charge is 0.494 e. The topological polar surface area (TPSA) is 105 Å². The quantitative estimate of drug-likeness (QED) is 0.608. The summed E-state index contributed by atoms with van der Waals surface area (Å²) in [5.74, 6) is -0.684. The van der Waals surface area contributed by atoms with Gasteiger partial charge in [-0.15, -0.1) is 0 Å². The van der Waals surface area contributed by atoms with Gasteiger partial charge >= 0.3 is 5.97 Å². The Labute approximate surface area is 163 Å². The second-order valence-electron chi connectivity index (χ2n) is 6.31. The average Bonchev–Trinajstić information content (AvgIpc) is 2.68. The molecule has 1 aromatic carbocycles. The van der Waals surface area contributed by atoms with Gasteiger partial charge in [0.1, 0.15) is 11.6 Å². The van der Waals surface area contributed by atoms with Crippen LogP contribution in [0.15, 0.2) is 34.1 Å². The number of esters is 1. The number of hydrogen-bond acceptors (Lipinski definition) is 6. The van der Waals surface area contributed by atoms with Crippen molar-refractivity contribution in [1.82, 2.24) is 4.57 Å². The normalized spacial score (nSPS) is 12.0. The molecular formula is C21H23N3O4. The molecule has 1 unspecified atom stereocenters. The minimum Gasteiger partial charge on any atom is -0.494 e. The molecule has 1 heterocycles. The second kappa shape index (κ2) is 9.00. The Morgan fingerprint density at radius 2 is 2.14 bits per heavy atom. The number of carbonyl (C=O) groups excluding carboxylic acids is 1. The van der Waals surface area contributed by atoms with Crippen LogP contribution in [0.3, 0.4) is 0 Å². The molecule has 0 saturated heterocycles. The lowest BCUT2D eigenvalue weighted by molar-refractivity contribution is 0.0526. The highest BCUT2D eigenvalue weighted by Gasteiger charge is 2.20. The van der Waals surface area contributed by atoms with Gasteiger partial charge in [-0.3, -0.25) is 14.4 Å². The fourth-order valence-electron chi connectivity index (χ4n) is 2.75. The minimum atomic E-state index is -0.520. The molecule has 7 heteroatoms. The van der Waals surface area contributed by atoms with Crippen LogP contribution >= 0.6 is 0 Å². The van der Waals surface area contributed by atoms with Gasteiger partial charge in [0.25, 0.3) is 5.56 Å². The molecule has 0 fully saturated rings. The maximum absolute atomic E-state index is 12.5. The van der Waals surface area contributed by atoms with Gasteiger partial charge in [-0.25, -0.2) is 4.79 Å². The number of aromatic hydroxyl groups is 1. The predicted molar refractivity (Wildman–Crippen MR) is 106 cm³/mol. The van der Waals surface area contributed by atoms with Crippen molar-refractivity contribution in [3.63, 3.8) is 0 Å². The molecule has 146 valence electrons. The van der Waals surface area contributed by atoms with E-state index in [4.69, 9.17) is 4.74 Å². The summed E-state index contributed by atoms with van der Waals surface area (Å²) in [7, 11) is 0. The van der Waals surface area contributed by atoms with E-state index in [1.54, 1.807) is 45.0 Å². The Balaban J connectivity index is 2.55. The smallest absolute Gasteiger partial charge is 0.338 e. The lowest BCUT2D eigenvalue weighted by Gasteiger charge is -2.18. The molecule has 0 radical (unpaired) electrons. The van der Waals surface area contributed by atoms with Crippen LogP contribution in [0.25, 0.3) is 0 Å². The summed E-state index contributed by atoms with van der Waals surface area (Å²) in [5, 5.41) is 20.0. The monoisotopic (exact) mass is 381 g/mol. The van der Waals surface area contributed by atoms with Crippen LogP contribution in [-0.2, 0) is 4.74 Å². The molecule has 2 aromatic rings. The molecular weight excluding hydrogens is 358 g/mol. The van der Waals surface area contributed by atoms with Gasteiger partial charge in [-0.1, -0.05) is 13.0 Å². The maximum atomic E-state index is 12.5. The summed E-state index contributed by atoms with van der Waals surface area (Å²) in [6.07, 6.45) is 2.01. The number of benzene rings is 1. The fraction of sp³-hybridized carbons (Fsp3) is 0.333. The van der Waals surface area contributed by atoms with Crippen LogP contribution in [0.5, 0.6) is 5.88 Å². The van der Waals surface area contributed by atoms with Gasteiger partial charge in [0.05, 0.1) is 23.4 Å². The molecule has 0 amide bonds. The van der Waals surface area contributed by atoms with Crippen molar-refractivity contribution >= 4 is 17.9 Å². The number of aromatic nitrogens is 1. The first kappa shape index (κ1) is 20.9. The molecule has 28 heavy (non-hydrogen) atoms. The molecule has 0 aliphatic carbocycles. The predicted octanol–water partition coefficient (Wildman–Crippen LogP) is 3.63. The van der Waals surface area contributed by atoms with Crippen molar-refractivity contribution in [3.05, 3.63) is 56.9 Å². The van der Waals surface area contributed by atoms with E-state index in [9.17, 15) is 20.0 Å². The van der Waals surface area contributed by atoms with Gasteiger partial charge in [0.15, 0.2) is 0 Å². The van der Waals surface area contributed by atoms with Crippen molar-refractivity contribution in [3.8, 4) is 11.9 Å². The number of pyridine rings is 1.